The molecule has 0 radical (unpaired) electrons. The Balaban J connectivity index is 2.12. The van der Waals surface area contributed by atoms with Gasteiger partial charge in [0.2, 0.25) is 0 Å². The Kier molecular flexibility index (Phi) is 4.09. The van der Waals surface area contributed by atoms with Crippen LogP contribution in [-0.2, 0) is 6.42 Å². The van der Waals surface area contributed by atoms with Crippen LogP contribution in [0.4, 0.5) is 0 Å². The summed E-state index contributed by atoms with van der Waals surface area (Å²) in [5.74, 6) is 1.59. The average molecular weight is 311 g/mol. The van der Waals surface area contributed by atoms with Crippen molar-refractivity contribution in [3.8, 4) is 5.75 Å². The van der Waals surface area contributed by atoms with Gasteiger partial charge in [0.15, 0.2) is 0 Å². The van der Waals surface area contributed by atoms with Crippen molar-refractivity contribution < 1.29 is 14.3 Å². The highest BCUT2D eigenvalue weighted by atomic mass is 79.9. The number of aliphatic hydroxyl groups is 1. The second-order valence-corrected chi connectivity index (χ2v) is 5.03. The lowest BCUT2D eigenvalue weighted by atomic mass is 10.0. The number of hydrogen-bond donors (Lipinski definition) is 1. The Bertz CT molecular complexity index is 534. The molecule has 0 aliphatic carbocycles. The van der Waals surface area contributed by atoms with Gasteiger partial charge in [-0.15, -0.1) is 0 Å². The Hall–Kier alpha value is -1.26. The normalized spacial score (nSPS) is 12.4. The maximum Gasteiger partial charge on any atom is 0.133 e. The molecule has 96 valence electrons. The lowest BCUT2D eigenvalue weighted by Gasteiger charge is -2.10. The van der Waals surface area contributed by atoms with E-state index >= 15 is 0 Å². The van der Waals surface area contributed by atoms with Gasteiger partial charge in [0, 0.05) is 12.0 Å². The molecule has 1 unspecified atom stereocenters. The summed E-state index contributed by atoms with van der Waals surface area (Å²) >= 11 is 3.43. The molecule has 0 bridgehead atoms. The highest BCUT2D eigenvalue weighted by Gasteiger charge is 2.12. The van der Waals surface area contributed by atoms with Gasteiger partial charge in [-0.2, -0.15) is 0 Å². The lowest BCUT2D eigenvalue weighted by Crippen LogP contribution is -2.00. The summed E-state index contributed by atoms with van der Waals surface area (Å²) in [4.78, 5) is 0. The van der Waals surface area contributed by atoms with E-state index in [4.69, 9.17) is 9.15 Å². The number of hydrogen-bond acceptors (Lipinski definition) is 3. The van der Waals surface area contributed by atoms with E-state index in [1.54, 1.807) is 13.4 Å². The minimum Gasteiger partial charge on any atom is -0.496 e. The molecule has 0 aliphatic rings. The SMILES string of the molecule is COc1ccc(CC(O)c2coc(C)c2)cc1Br. The zero-order valence-corrected chi connectivity index (χ0v) is 11.9. The van der Waals surface area contributed by atoms with Crippen molar-refractivity contribution in [1.29, 1.82) is 0 Å². The van der Waals surface area contributed by atoms with Gasteiger partial charge < -0.3 is 14.3 Å². The van der Waals surface area contributed by atoms with E-state index in [0.29, 0.717) is 6.42 Å². The summed E-state index contributed by atoms with van der Waals surface area (Å²) in [6, 6.07) is 7.63. The van der Waals surface area contributed by atoms with Crippen molar-refractivity contribution in [3.63, 3.8) is 0 Å². The molecule has 2 aromatic rings. The van der Waals surface area contributed by atoms with Gasteiger partial charge in [-0.1, -0.05) is 6.07 Å². The first-order valence-electron chi connectivity index (χ1n) is 5.65. The summed E-state index contributed by atoms with van der Waals surface area (Å²) < 4.78 is 11.2. The summed E-state index contributed by atoms with van der Waals surface area (Å²) in [5, 5.41) is 10.1. The van der Waals surface area contributed by atoms with E-state index in [0.717, 1.165) is 27.1 Å². The Morgan fingerprint density at radius 2 is 2.17 bits per heavy atom. The topological polar surface area (TPSA) is 42.6 Å². The Morgan fingerprint density at radius 1 is 1.39 bits per heavy atom. The van der Waals surface area contributed by atoms with Crippen LogP contribution >= 0.6 is 15.9 Å². The zero-order valence-electron chi connectivity index (χ0n) is 10.3. The van der Waals surface area contributed by atoms with Gasteiger partial charge in [-0.05, 0) is 46.6 Å². The smallest absolute Gasteiger partial charge is 0.133 e. The number of halogens is 1. The third kappa shape index (κ3) is 2.94. The predicted octanol–water partition coefficient (Wildman–Crippen LogP) is 3.64. The number of aryl methyl sites for hydroxylation is 1. The molecule has 0 aliphatic heterocycles. The van der Waals surface area contributed by atoms with Crippen molar-refractivity contribution in [2.45, 2.75) is 19.4 Å². The second-order valence-electron chi connectivity index (χ2n) is 4.18. The van der Waals surface area contributed by atoms with E-state index in [9.17, 15) is 5.11 Å². The second kappa shape index (κ2) is 5.59. The summed E-state index contributed by atoms with van der Waals surface area (Å²) in [6.45, 7) is 1.86. The molecule has 4 heteroatoms. The lowest BCUT2D eigenvalue weighted by molar-refractivity contribution is 0.177. The van der Waals surface area contributed by atoms with Crippen LogP contribution < -0.4 is 4.74 Å². The molecule has 1 aromatic heterocycles. The van der Waals surface area contributed by atoms with Crippen LogP contribution in [0.1, 0.15) is 23.0 Å². The van der Waals surface area contributed by atoms with Crippen molar-refractivity contribution in [1.82, 2.24) is 0 Å². The van der Waals surface area contributed by atoms with Crippen molar-refractivity contribution >= 4 is 15.9 Å². The first-order valence-corrected chi connectivity index (χ1v) is 6.45. The minimum atomic E-state index is -0.553. The molecule has 0 spiro atoms. The third-order valence-electron chi connectivity index (χ3n) is 2.78. The van der Waals surface area contributed by atoms with E-state index in [2.05, 4.69) is 15.9 Å². The van der Waals surface area contributed by atoms with Crippen LogP contribution in [0.15, 0.2) is 39.4 Å². The molecule has 1 aromatic carbocycles. The number of rotatable bonds is 4. The average Bonchev–Trinajstić information content (AvgIpc) is 2.76. The number of methoxy groups -OCH3 is 1. The highest BCUT2D eigenvalue weighted by molar-refractivity contribution is 9.10. The van der Waals surface area contributed by atoms with Crippen LogP contribution in [0.2, 0.25) is 0 Å². The van der Waals surface area contributed by atoms with E-state index in [-0.39, 0.29) is 0 Å². The zero-order chi connectivity index (χ0) is 13.1. The van der Waals surface area contributed by atoms with Crippen LogP contribution in [0.25, 0.3) is 0 Å². The highest BCUT2D eigenvalue weighted by Crippen LogP contribution is 2.28. The largest absolute Gasteiger partial charge is 0.496 e. The molecule has 18 heavy (non-hydrogen) atoms. The van der Waals surface area contributed by atoms with Crippen molar-refractivity contribution in [3.05, 3.63) is 51.9 Å². The molecule has 1 atom stereocenters. The molecule has 0 saturated carbocycles. The van der Waals surface area contributed by atoms with Crippen molar-refractivity contribution in [2.24, 2.45) is 0 Å². The number of furan rings is 1. The monoisotopic (exact) mass is 310 g/mol. The molecule has 3 nitrogen and oxygen atoms in total. The van der Waals surface area contributed by atoms with Gasteiger partial charge in [-0.25, -0.2) is 0 Å². The number of benzene rings is 1. The van der Waals surface area contributed by atoms with Crippen LogP contribution in [0, 0.1) is 6.92 Å². The van der Waals surface area contributed by atoms with Gasteiger partial charge >= 0.3 is 0 Å². The standard InChI is InChI=1S/C14H15BrO3/c1-9-5-11(8-18-9)13(16)7-10-3-4-14(17-2)12(15)6-10/h3-6,8,13,16H,7H2,1-2H3. The molecule has 0 saturated heterocycles. The maximum atomic E-state index is 10.1. The van der Waals surface area contributed by atoms with Crippen LogP contribution in [0.5, 0.6) is 5.75 Å². The summed E-state index contributed by atoms with van der Waals surface area (Å²) in [7, 11) is 1.63. The predicted molar refractivity (Wildman–Crippen MR) is 72.8 cm³/mol. The third-order valence-corrected chi connectivity index (χ3v) is 3.40. The first-order chi connectivity index (χ1) is 8.60. The summed E-state index contributed by atoms with van der Waals surface area (Å²) in [5.41, 5.74) is 1.84. The Labute approximate surface area is 115 Å². The van der Waals surface area contributed by atoms with Gasteiger partial charge in [-0.3, -0.25) is 0 Å². The quantitative estimate of drug-likeness (QED) is 0.937. The molecule has 0 amide bonds. The fraction of sp³-hybridized carbons (Fsp3) is 0.286. The number of aliphatic hydroxyl groups excluding tert-OH is 1. The Morgan fingerprint density at radius 3 is 2.72 bits per heavy atom. The molecular weight excluding hydrogens is 296 g/mol. The van der Waals surface area contributed by atoms with Crippen molar-refractivity contribution in [2.75, 3.05) is 7.11 Å². The maximum absolute atomic E-state index is 10.1. The van der Waals surface area contributed by atoms with E-state index in [1.165, 1.54) is 0 Å². The minimum absolute atomic E-state index is 0.543. The van der Waals surface area contributed by atoms with Gasteiger partial charge in [0.25, 0.3) is 0 Å². The molecule has 0 fully saturated rings. The molecular formula is C14H15BrO3. The first kappa shape index (κ1) is 13.2. The van der Waals surface area contributed by atoms with Gasteiger partial charge in [0.1, 0.15) is 11.5 Å². The van der Waals surface area contributed by atoms with E-state index in [1.807, 2.05) is 31.2 Å². The van der Waals surface area contributed by atoms with Crippen LogP contribution in [-0.4, -0.2) is 12.2 Å². The van der Waals surface area contributed by atoms with Crippen LogP contribution in [0.3, 0.4) is 0 Å². The van der Waals surface area contributed by atoms with E-state index < -0.39 is 6.10 Å². The number of ether oxygens (including phenoxy) is 1. The fourth-order valence-electron chi connectivity index (χ4n) is 1.82. The molecule has 1 N–H and O–H groups in total. The molecule has 2 rings (SSSR count). The summed E-state index contributed by atoms with van der Waals surface area (Å²) in [6.07, 6.45) is 1.59. The van der Waals surface area contributed by atoms with Gasteiger partial charge in [0.05, 0.1) is 23.9 Å². The fourth-order valence-corrected chi connectivity index (χ4v) is 2.40. The molecule has 1 heterocycles.